The minimum atomic E-state index is -0.442. The number of aromatic hydroxyl groups is 1. The number of rotatable bonds is 7. The highest BCUT2D eigenvalue weighted by molar-refractivity contribution is 6.01. The van der Waals surface area contributed by atoms with Crippen molar-refractivity contribution in [3.8, 4) is 22.9 Å². The third kappa shape index (κ3) is 5.11. The molecule has 39 heavy (non-hydrogen) atoms. The Hall–Kier alpha value is -3.49. The second-order valence-electron chi connectivity index (χ2n) is 12.1. The summed E-state index contributed by atoms with van der Waals surface area (Å²) in [4.78, 5) is 13.9. The molecule has 1 aromatic heterocycles. The summed E-state index contributed by atoms with van der Waals surface area (Å²) in [6.07, 6.45) is 2.27. The Kier molecular flexibility index (Phi) is 6.55. The van der Waals surface area contributed by atoms with Crippen LogP contribution in [0.2, 0.25) is 0 Å². The lowest BCUT2D eigenvalue weighted by Crippen LogP contribution is -2.51. The molecule has 2 atom stereocenters. The first kappa shape index (κ1) is 25.8. The molecular formula is C31H36FN5O2. The summed E-state index contributed by atoms with van der Waals surface area (Å²) in [5.41, 5.74) is 1.10. The van der Waals surface area contributed by atoms with E-state index in [2.05, 4.69) is 33.9 Å². The molecule has 3 heterocycles. The molecule has 0 aliphatic carbocycles. The molecule has 0 radical (unpaired) electrons. The first-order valence-electron chi connectivity index (χ1n) is 13.7. The molecule has 2 N–H and O–H groups in total. The highest BCUT2D eigenvalue weighted by atomic mass is 19.1. The van der Waals surface area contributed by atoms with Gasteiger partial charge in [-0.25, -0.2) is 4.39 Å². The van der Waals surface area contributed by atoms with Crippen molar-refractivity contribution in [2.75, 3.05) is 45.2 Å². The first-order valence-corrected chi connectivity index (χ1v) is 13.7. The number of halogens is 1. The van der Waals surface area contributed by atoms with Gasteiger partial charge in [0.25, 0.3) is 0 Å². The van der Waals surface area contributed by atoms with Gasteiger partial charge in [0.05, 0.1) is 6.61 Å². The number of hydrogen-bond donors (Lipinski definition) is 2. The second kappa shape index (κ2) is 9.92. The van der Waals surface area contributed by atoms with Gasteiger partial charge in [-0.3, -0.25) is 0 Å². The van der Waals surface area contributed by atoms with Crippen LogP contribution < -0.4 is 15.0 Å². The Bertz CT molecular complexity index is 1530. The number of phenolic OH excluding ortho intramolecular Hbond substituents is 1. The maximum atomic E-state index is 16.5. The molecule has 7 nitrogen and oxygen atoms in total. The maximum Gasteiger partial charge on any atom is 0.319 e. The van der Waals surface area contributed by atoms with Crippen molar-refractivity contribution in [2.24, 2.45) is 5.41 Å². The van der Waals surface area contributed by atoms with E-state index in [0.717, 1.165) is 43.2 Å². The van der Waals surface area contributed by atoms with Crippen LogP contribution in [-0.4, -0.2) is 72.4 Å². The van der Waals surface area contributed by atoms with Crippen LogP contribution in [0.3, 0.4) is 0 Å². The van der Waals surface area contributed by atoms with Crippen molar-refractivity contribution in [3.63, 3.8) is 0 Å². The summed E-state index contributed by atoms with van der Waals surface area (Å²) in [6, 6.07) is 15.7. The van der Waals surface area contributed by atoms with Crippen LogP contribution in [0.25, 0.3) is 32.8 Å². The number of fused-ring (bicyclic) bond motifs is 4. The molecule has 2 aliphatic rings. The van der Waals surface area contributed by atoms with Crippen LogP contribution in [0, 0.1) is 11.2 Å². The van der Waals surface area contributed by atoms with E-state index in [-0.39, 0.29) is 22.7 Å². The van der Waals surface area contributed by atoms with Gasteiger partial charge in [0, 0.05) is 48.1 Å². The molecule has 2 fully saturated rings. The summed E-state index contributed by atoms with van der Waals surface area (Å²) >= 11 is 0. The zero-order chi connectivity index (χ0) is 27.3. The zero-order valence-corrected chi connectivity index (χ0v) is 23.0. The Balaban J connectivity index is 1.48. The van der Waals surface area contributed by atoms with Crippen molar-refractivity contribution < 1.29 is 14.2 Å². The lowest BCUT2D eigenvalue weighted by Gasteiger charge is -2.34. The second-order valence-corrected chi connectivity index (χ2v) is 12.1. The van der Waals surface area contributed by atoms with Gasteiger partial charge < -0.3 is 25.0 Å². The van der Waals surface area contributed by atoms with Crippen molar-refractivity contribution >= 4 is 27.5 Å². The molecule has 6 rings (SSSR count). The van der Waals surface area contributed by atoms with E-state index in [1.54, 1.807) is 18.2 Å². The molecule has 2 saturated heterocycles. The predicted molar refractivity (Wildman–Crippen MR) is 154 cm³/mol. The third-order valence-corrected chi connectivity index (χ3v) is 7.76. The number of aromatic nitrogens is 2. The summed E-state index contributed by atoms with van der Waals surface area (Å²) in [7, 11) is 4.07. The topological polar surface area (TPSA) is 73.8 Å². The van der Waals surface area contributed by atoms with Gasteiger partial charge in [-0.05, 0) is 61.5 Å². The number of benzene rings is 3. The van der Waals surface area contributed by atoms with Crippen molar-refractivity contribution in [1.82, 2.24) is 20.2 Å². The van der Waals surface area contributed by atoms with Gasteiger partial charge in [0.1, 0.15) is 17.1 Å². The van der Waals surface area contributed by atoms with Crippen molar-refractivity contribution in [3.05, 3.63) is 54.3 Å². The Labute approximate surface area is 228 Å². The SMILES string of the molecule is CN(C)CC(C)(C)COc1nc(N2C[C@H]3CC[C@@H](C2)N3)c2ccc(-c3cc(O)cc4ccccc34)c(F)c2n1. The number of nitrogens with zero attached hydrogens (tertiary/aromatic N) is 4. The maximum absolute atomic E-state index is 16.5. The summed E-state index contributed by atoms with van der Waals surface area (Å²) in [6.45, 7) is 7.13. The molecule has 8 heteroatoms. The molecule has 0 spiro atoms. The molecule has 0 saturated carbocycles. The Morgan fingerprint density at radius 3 is 2.51 bits per heavy atom. The number of ether oxygens (including phenoxy) is 1. The third-order valence-electron chi connectivity index (χ3n) is 7.76. The summed E-state index contributed by atoms with van der Waals surface area (Å²) in [5, 5.41) is 16.5. The first-order chi connectivity index (χ1) is 18.7. The van der Waals surface area contributed by atoms with Gasteiger partial charge in [-0.2, -0.15) is 9.97 Å². The van der Waals surface area contributed by atoms with Gasteiger partial charge in [0.15, 0.2) is 5.82 Å². The lowest BCUT2D eigenvalue weighted by molar-refractivity contribution is 0.133. The van der Waals surface area contributed by atoms with E-state index in [0.29, 0.717) is 41.0 Å². The Morgan fingerprint density at radius 1 is 1.03 bits per heavy atom. The highest BCUT2D eigenvalue weighted by Crippen LogP contribution is 2.39. The van der Waals surface area contributed by atoms with Gasteiger partial charge >= 0.3 is 6.01 Å². The normalized spacial score (nSPS) is 19.4. The van der Waals surface area contributed by atoms with Gasteiger partial charge in [-0.15, -0.1) is 0 Å². The fraction of sp³-hybridized carbons (Fsp3) is 0.419. The van der Waals surface area contributed by atoms with E-state index in [1.165, 1.54) is 0 Å². The van der Waals surface area contributed by atoms with Crippen molar-refractivity contribution in [1.29, 1.82) is 0 Å². The van der Waals surface area contributed by atoms with Gasteiger partial charge in [-0.1, -0.05) is 44.2 Å². The highest BCUT2D eigenvalue weighted by Gasteiger charge is 2.34. The van der Waals surface area contributed by atoms with Crippen LogP contribution in [0.15, 0.2) is 48.5 Å². The minimum Gasteiger partial charge on any atom is -0.508 e. The average Bonchev–Trinajstić information content (AvgIpc) is 3.23. The number of phenols is 1. The van der Waals surface area contributed by atoms with Crippen LogP contribution in [0.4, 0.5) is 10.2 Å². The quantitative estimate of drug-likeness (QED) is 0.341. The predicted octanol–water partition coefficient (Wildman–Crippen LogP) is 5.20. The molecule has 4 aromatic rings. The minimum absolute atomic E-state index is 0.0926. The summed E-state index contributed by atoms with van der Waals surface area (Å²) in [5.74, 6) is 0.363. The van der Waals surface area contributed by atoms with E-state index in [4.69, 9.17) is 9.72 Å². The van der Waals surface area contributed by atoms with Crippen LogP contribution >= 0.6 is 0 Å². The average molecular weight is 530 g/mol. The lowest BCUT2D eigenvalue weighted by atomic mass is 9.94. The fourth-order valence-corrected chi connectivity index (χ4v) is 6.29. The van der Waals surface area contributed by atoms with E-state index in [1.807, 2.05) is 44.4 Å². The van der Waals surface area contributed by atoms with Gasteiger partial charge in [0.2, 0.25) is 0 Å². The number of hydrogen-bond acceptors (Lipinski definition) is 7. The molecular weight excluding hydrogens is 493 g/mol. The van der Waals surface area contributed by atoms with Crippen molar-refractivity contribution in [2.45, 2.75) is 38.8 Å². The molecule has 2 aliphatic heterocycles. The largest absolute Gasteiger partial charge is 0.508 e. The molecule has 0 unspecified atom stereocenters. The Morgan fingerprint density at radius 2 is 1.77 bits per heavy atom. The monoisotopic (exact) mass is 529 g/mol. The van der Waals surface area contributed by atoms with Crippen LogP contribution in [0.5, 0.6) is 11.8 Å². The molecule has 0 amide bonds. The van der Waals surface area contributed by atoms with E-state index >= 15 is 4.39 Å². The van der Waals surface area contributed by atoms with Crippen LogP contribution in [0.1, 0.15) is 26.7 Å². The molecule has 204 valence electrons. The molecule has 2 bridgehead atoms. The summed E-state index contributed by atoms with van der Waals surface area (Å²) < 4.78 is 22.7. The van der Waals surface area contributed by atoms with E-state index in [9.17, 15) is 5.11 Å². The van der Waals surface area contributed by atoms with E-state index < -0.39 is 5.82 Å². The smallest absolute Gasteiger partial charge is 0.319 e. The number of nitrogens with one attached hydrogen (secondary N) is 1. The van der Waals surface area contributed by atoms with Crippen LogP contribution in [-0.2, 0) is 0 Å². The number of anilines is 1. The molecule has 3 aromatic carbocycles. The zero-order valence-electron chi connectivity index (χ0n) is 23.0. The standard InChI is InChI=1S/C31H36FN5O2/c1-31(2,17-36(3)4)18-39-30-34-28-25(29(35-30)37-15-20-9-10-21(16-37)33-20)12-11-24(27(28)32)26-14-22(38)13-19-7-5-6-8-23(19)26/h5-8,11-14,20-21,33,38H,9-10,15-18H2,1-4H3/t20-,21+. The number of piperazine rings is 1. The fourth-order valence-electron chi connectivity index (χ4n) is 6.29.